The van der Waals surface area contributed by atoms with Crippen molar-refractivity contribution in [1.29, 1.82) is 0 Å². The highest BCUT2D eigenvalue weighted by molar-refractivity contribution is 5.80. The lowest BCUT2D eigenvalue weighted by Gasteiger charge is -2.42. The second kappa shape index (κ2) is 13.4. The van der Waals surface area contributed by atoms with Gasteiger partial charge >= 0.3 is 11.9 Å². The molecule has 1 aromatic rings. The van der Waals surface area contributed by atoms with Gasteiger partial charge in [-0.05, 0) is 70.4 Å². The number of allylic oxidation sites excluding steroid dienone is 1. The van der Waals surface area contributed by atoms with Crippen molar-refractivity contribution in [2.45, 2.75) is 92.0 Å². The van der Waals surface area contributed by atoms with Gasteiger partial charge in [0.15, 0.2) is 0 Å². The first-order chi connectivity index (χ1) is 18.4. The number of likely N-dealkylation sites (N-methyl/N-ethyl adjacent to an activating group) is 1. The van der Waals surface area contributed by atoms with Crippen LogP contribution in [0, 0.1) is 17.3 Å². The average Bonchev–Trinajstić information content (AvgIpc) is 3.29. The van der Waals surface area contributed by atoms with Crippen LogP contribution in [0.3, 0.4) is 0 Å². The molecule has 1 aromatic heterocycles. The number of aromatic nitrogens is 2. The van der Waals surface area contributed by atoms with Gasteiger partial charge in [-0.3, -0.25) is 9.59 Å². The third-order valence-electron chi connectivity index (χ3n) is 8.00. The number of ether oxygens (including phenoxy) is 3. The molecule has 9 heteroatoms. The molecular weight excluding hydrogens is 496 g/mol. The Hall–Kier alpha value is -2.23. The first kappa shape index (κ1) is 31.3. The van der Waals surface area contributed by atoms with Gasteiger partial charge < -0.3 is 24.4 Å². The van der Waals surface area contributed by atoms with Crippen molar-refractivity contribution in [3.63, 3.8) is 0 Å². The zero-order chi connectivity index (χ0) is 28.8. The molecule has 1 N–H and O–H groups in total. The van der Waals surface area contributed by atoms with Gasteiger partial charge in [0.25, 0.3) is 0 Å². The fraction of sp³-hybridized carbons (Fsp3) is 0.767. The number of nitrogens with zero attached hydrogens (tertiary/aromatic N) is 3. The molecule has 0 saturated carbocycles. The average molecular weight is 547 g/mol. The molecule has 0 radical (unpaired) electrons. The van der Waals surface area contributed by atoms with Crippen LogP contribution in [-0.4, -0.2) is 72.6 Å². The van der Waals surface area contributed by atoms with Gasteiger partial charge in [0, 0.05) is 38.0 Å². The Labute approximate surface area is 234 Å². The molecule has 0 spiro atoms. The molecule has 9 nitrogen and oxygen atoms in total. The Morgan fingerprint density at radius 3 is 2.64 bits per heavy atom. The number of nitrogens with one attached hydrogen (secondary N) is 1. The monoisotopic (exact) mass is 546 g/mol. The van der Waals surface area contributed by atoms with Crippen molar-refractivity contribution in [3.05, 3.63) is 23.5 Å². The first-order valence-corrected chi connectivity index (χ1v) is 14.4. The van der Waals surface area contributed by atoms with Crippen molar-refractivity contribution in [1.82, 2.24) is 20.0 Å². The van der Waals surface area contributed by atoms with Crippen LogP contribution in [0.5, 0.6) is 0 Å². The summed E-state index contributed by atoms with van der Waals surface area (Å²) in [6.45, 7) is 15.2. The van der Waals surface area contributed by atoms with Crippen molar-refractivity contribution in [3.8, 4) is 0 Å². The second-order valence-corrected chi connectivity index (χ2v) is 12.6. The largest absolute Gasteiger partial charge is 0.469 e. The number of carbonyl (C=O) groups is 2. The summed E-state index contributed by atoms with van der Waals surface area (Å²) >= 11 is 0. The van der Waals surface area contributed by atoms with Gasteiger partial charge in [-0.2, -0.15) is 5.10 Å². The summed E-state index contributed by atoms with van der Waals surface area (Å²) in [5.41, 5.74) is 2.49. The van der Waals surface area contributed by atoms with E-state index in [-0.39, 0.29) is 36.0 Å². The summed E-state index contributed by atoms with van der Waals surface area (Å²) < 4.78 is 18.6. The Kier molecular flexibility index (Phi) is 10.8. The molecule has 39 heavy (non-hydrogen) atoms. The van der Waals surface area contributed by atoms with Crippen LogP contribution in [0.4, 0.5) is 0 Å². The van der Waals surface area contributed by atoms with E-state index in [1.807, 2.05) is 25.5 Å². The van der Waals surface area contributed by atoms with Crippen LogP contribution in [0.1, 0.15) is 91.1 Å². The molecule has 2 aliphatic rings. The molecular formula is C30H50N4O5. The zero-order valence-electron chi connectivity index (χ0n) is 25.3. The Balaban J connectivity index is 1.79. The van der Waals surface area contributed by atoms with E-state index >= 15 is 0 Å². The molecule has 0 bridgehead atoms. The predicted molar refractivity (Wildman–Crippen MR) is 152 cm³/mol. The van der Waals surface area contributed by atoms with Gasteiger partial charge in [0.1, 0.15) is 11.8 Å². The van der Waals surface area contributed by atoms with Crippen molar-refractivity contribution >= 4 is 17.5 Å². The maximum absolute atomic E-state index is 12.8. The molecule has 1 aliphatic carbocycles. The van der Waals surface area contributed by atoms with E-state index in [2.05, 4.69) is 50.3 Å². The number of hydrogen-bond acceptors (Lipinski definition) is 8. The minimum absolute atomic E-state index is 0.0638. The molecule has 2 heterocycles. The van der Waals surface area contributed by atoms with Crippen LogP contribution in [0.15, 0.2) is 12.3 Å². The van der Waals surface area contributed by atoms with E-state index < -0.39 is 5.60 Å². The maximum Gasteiger partial charge on any atom is 0.320 e. The molecule has 3 unspecified atom stereocenters. The van der Waals surface area contributed by atoms with E-state index in [1.54, 1.807) is 0 Å². The SMILES string of the molecule is CCC1CC(c2nn(C3CCCCO3)cc2CN(C)CCNCC(=O)OC(C)(C)C)=CC(C(=O)OC)C1(C)C. The zero-order valence-corrected chi connectivity index (χ0v) is 25.3. The summed E-state index contributed by atoms with van der Waals surface area (Å²) in [5.74, 6) is -0.436. The molecule has 0 aromatic carbocycles. The fourth-order valence-corrected chi connectivity index (χ4v) is 5.71. The number of hydrogen-bond donors (Lipinski definition) is 1. The van der Waals surface area contributed by atoms with Crippen LogP contribution >= 0.6 is 0 Å². The second-order valence-electron chi connectivity index (χ2n) is 12.6. The summed E-state index contributed by atoms with van der Waals surface area (Å²) in [7, 11) is 3.53. The lowest BCUT2D eigenvalue weighted by molar-refractivity contribution is -0.153. The number of esters is 2. The Bertz CT molecular complexity index is 1000. The van der Waals surface area contributed by atoms with Crippen LogP contribution < -0.4 is 5.32 Å². The first-order valence-electron chi connectivity index (χ1n) is 14.4. The molecule has 1 fully saturated rings. The van der Waals surface area contributed by atoms with Crippen molar-refractivity contribution < 1.29 is 23.8 Å². The quantitative estimate of drug-likeness (QED) is 0.319. The molecule has 3 atom stereocenters. The van der Waals surface area contributed by atoms with Crippen molar-refractivity contribution in [2.75, 3.05) is 40.4 Å². The van der Waals surface area contributed by atoms with Crippen molar-refractivity contribution in [2.24, 2.45) is 17.3 Å². The van der Waals surface area contributed by atoms with E-state index in [0.717, 1.165) is 62.1 Å². The maximum atomic E-state index is 12.8. The molecule has 1 saturated heterocycles. The van der Waals surface area contributed by atoms with E-state index in [9.17, 15) is 9.59 Å². The minimum Gasteiger partial charge on any atom is -0.469 e. The summed E-state index contributed by atoms with van der Waals surface area (Å²) in [6, 6.07) is 0. The van der Waals surface area contributed by atoms with E-state index in [1.165, 1.54) is 7.11 Å². The van der Waals surface area contributed by atoms with E-state index in [4.69, 9.17) is 19.3 Å². The summed E-state index contributed by atoms with van der Waals surface area (Å²) in [5, 5.41) is 8.25. The van der Waals surface area contributed by atoms with Gasteiger partial charge in [-0.15, -0.1) is 0 Å². The summed E-state index contributed by atoms with van der Waals surface area (Å²) in [4.78, 5) is 27.1. The highest BCUT2D eigenvalue weighted by atomic mass is 16.6. The van der Waals surface area contributed by atoms with E-state index in [0.29, 0.717) is 19.0 Å². The third kappa shape index (κ3) is 8.38. The van der Waals surface area contributed by atoms with Crippen LogP contribution in [-0.2, 0) is 30.3 Å². The topological polar surface area (TPSA) is 94.9 Å². The normalized spacial score (nSPS) is 23.4. The Morgan fingerprint density at radius 2 is 2.03 bits per heavy atom. The van der Waals surface area contributed by atoms with Gasteiger partial charge in [-0.25, -0.2) is 4.68 Å². The van der Waals surface area contributed by atoms with Gasteiger partial charge in [0.2, 0.25) is 0 Å². The molecule has 3 rings (SSSR count). The lowest BCUT2D eigenvalue weighted by Crippen LogP contribution is -2.39. The minimum atomic E-state index is -0.485. The predicted octanol–water partition coefficient (Wildman–Crippen LogP) is 4.57. The molecule has 220 valence electrons. The molecule has 0 amide bonds. The number of methoxy groups -OCH3 is 1. The Morgan fingerprint density at radius 1 is 1.28 bits per heavy atom. The smallest absolute Gasteiger partial charge is 0.320 e. The fourth-order valence-electron chi connectivity index (χ4n) is 5.71. The lowest BCUT2D eigenvalue weighted by atomic mass is 9.62. The van der Waals surface area contributed by atoms with Gasteiger partial charge in [-0.1, -0.05) is 33.3 Å². The molecule has 1 aliphatic heterocycles. The number of carbonyl (C=O) groups excluding carboxylic acids is 2. The standard InChI is InChI=1S/C30H50N4O5/c1-9-23-16-21(17-24(28(36)37-8)30(23,5)6)27-22(20-34(32-27)25-12-10-11-15-38-25)19-33(7)14-13-31-18-26(35)39-29(2,3)4/h17,20,23-25,31H,9-16,18-19H2,1-8H3. The highest BCUT2D eigenvalue weighted by Gasteiger charge is 2.44. The van der Waals surface area contributed by atoms with Gasteiger partial charge in [0.05, 0.1) is 25.3 Å². The third-order valence-corrected chi connectivity index (χ3v) is 8.00. The highest BCUT2D eigenvalue weighted by Crippen LogP contribution is 2.48. The van der Waals surface area contributed by atoms with Crippen LogP contribution in [0.2, 0.25) is 0 Å². The summed E-state index contributed by atoms with van der Waals surface area (Å²) in [6.07, 6.45) is 9.14. The number of rotatable bonds is 11. The van der Waals surface area contributed by atoms with Crippen LogP contribution in [0.25, 0.3) is 5.57 Å².